The fourth-order valence-electron chi connectivity index (χ4n) is 2.15. The SMILES string of the molecule is COc1cccc2c1S(=O)N(c1ccccc1)C2. The Balaban J connectivity index is 2.05. The molecule has 18 heavy (non-hydrogen) atoms. The summed E-state index contributed by atoms with van der Waals surface area (Å²) in [6.45, 7) is 0.656. The number of hydrogen-bond donors (Lipinski definition) is 0. The molecule has 0 radical (unpaired) electrons. The quantitative estimate of drug-likeness (QED) is 0.830. The van der Waals surface area contributed by atoms with Gasteiger partial charge in [0.2, 0.25) is 0 Å². The van der Waals surface area contributed by atoms with Crippen molar-refractivity contribution in [3.05, 3.63) is 54.1 Å². The van der Waals surface area contributed by atoms with Gasteiger partial charge >= 0.3 is 0 Å². The van der Waals surface area contributed by atoms with Crippen molar-refractivity contribution in [1.82, 2.24) is 0 Å². The first-order chi connectivity index (χ1) is 8.81. The molecule has 1 aliphatic heterocycles. The second kappa shape index (κ2) is 4.46. The molecule has 0 aliphatic carbocycles. The normalized spacial score (nSPS) is 17.6. The molecule has 0 aromatic heterocycles. The maximum atomic E-state index is 12.5. The summed E-state index contributed by atoms with van der Waals surface area (Å²) in [7, 11) is 0.419. The van der Waals surface area contributed by atoms with Crippen molar-refractivity contribution < 1.29 is 8.95 Å². The van der Waals surface area contributed by atoms with Crippen LogP contribution in [0, 0.1) is 0 Å². The maximum Gasteiger partial charge on any atom is 0.157 e. The fourth-order valence-corrected chi connectivity index (χ4v) is 3.62. The molecule has 4 heteroatoms. The Morgan fingerprint density at radius 3 is 2.61 bits per heavy atom. The van der Waals surface area contributed by atoms with E-state index >= 15 is 0 Å². The number of fused-ring (bicyclic) bond motifs is 1. The van der Waals surface area contributed by atoms with E-state index in [-0.39, 0.29) is 0 Å². The van der Waals surface area contributed by atoms with E-state index in [4.69, 9.17) is 4.74 Å². The first-order valence-electron chi connectivity index (χ1n) is 5.71. The third-order valence-corrected chi connectivity index (χ3v) is 4.57. The zero-order valence-electron chi connectivity index (χ0n) is 10.00. The van der Waals surface area contributed by atoms with Crippen molar-refractivity contribution >= 4 is 16.7 Å². The molecule has 1 unspecified atom stereocenters. The van der Waals surface area contributed by atoms with Crippen molar-refractivity contribution in [2.75, 3.05) is 11.4 Å². The topological polar surface area (TPSA) is 29.5 Å². The Morgan fingerprint density at radius 2 is 1.89 bits per heavy atom. The summed E-state index contributed by atoms with van der Waals surface area (Å²) in [5.41, 5.74) is 2.03. The lowest BCUT2D eigenvalue weighted by Crippen LogP contribution is -2.17. The van der Waals surface area contributed by atoms with E-state index in [0.29, 0.717) is 12.3 Å². The molecule has 2 aromatic rings. The third kappa shape index (κ3) is 1.69. The van der Waals surface area contributed by atoms with Gasteiger partial charge in [0.15, 0.2) is 11.0 Å². The number of ether oxygens (including phenoxy) is 1. The number of methoxy groups -OCH3 is 1. The second-order valence-electron chi connectivity index (χ2n) is 4.07. The average Bonchev–Trinajstić information content (AvgIpc) is 2.77. The molecule has 3 rings (SSSR count). The van der Waals surface area contributed by atoms with Crippen LogP contribution in [0.2, 0.25) is 0 Å². The van der Waals surface area contributed by atoms with Gasteiger partial charge in [-0.25, -0.2) is 4.21 Å². The molecule has 92 valence electrons. The Morgan fingerprint density at radius 1 is 1.11 bits per heavy atom. The number of rotatable bonds is 2. The molecule has 0 amide bonds. The van der Waals surface area contributed by atoms with Crippen molar-refractivity contribution in [3.8, 4) is 5.75 Å². The van der Waals surface area contributed by atoms with E-state index in [1.165, 1.54) is 0 Å². The highest BCUT2D eigenvalue weighted by Gasteiger charge is 2.30. The summed E-state index contributed by atoms with van der Waals surface area (Å²) in [6.07, 6.45) is 0. The van der Waals surface area contributed by atoms with Gasteiger partial charge in [-0.3, -0.25) is 4.31 Å². The van der Waals surface area contributed by atoms with Gasteiger partial charge in [0.25, 0.3) is 0 Å². The van der Waals surface area contributed by atoms with E-state index < -0.39 is 11.0 Å². The molecular formula is C14H13NO2S. The van der Waals surface area contributed by atoms with Crippen LogP contribution in [0.15, 0.2) is 53.4 Å². The maximum absolute atomic E-state index is 12.5. The van der Waals surface area contributed by atoms with E-state index in [2.05, 4.69) is 0 Å². The minimum absolute atomic E-state index is 0.656. The summed E-state index contributed by atoms with van der Waals surface area (Å²) < 4.78 is 19.7. The average molecular weight is 259 g/mol. The Bertz CT molecular complexity index is 598. The zero-order valence-corrected chi connectivity index (χ0v) is 10.8. The lowest BCUT2D eigenvalue weighted by molar-refractivity contribution is 0.403. The van der Waals surface area contributed by atoms with Crippen molar-refractivity contribution in [2.24, 2.45) is 0 Å². The lowest BCUT2D eigenvalue weighted by atomic mass is 10.2. The van der Waals surface area contributed by atoms with E-state index in [0.717, 1.165) is 16.1 Å². The van der Waals surface area contributed by atoms with Gasteiger partial charge in [0.1, 0.15) is 10.6 Å². The number of anilines is 1. The van der Waals surface area contributed by atoms with Crippen LogP contribution >= 0.6 is 0 Å². The molecule has 1 aliphatic rings. The first-order valence-corrected chi connectivity index (χ1v) is 6.82. The molecule has 0 spiro atoms. The van der Waals surface area contributed by atoms with Crippen LogP contribution in [0.3, 0.4) is 0 Å². The summed E-state index contributed by atoms with van der Waals surface area (Å²) >= 11 is 0. The monoisotopic (exact) mass is 259 g/mol. The molecule has 0 saturated heterocycles. The van der Waals surface area contributed by atoms with E-state index in [9.17, 15) is 4.21 Å². The molecule has 0 saturated carbocycles. The first kappa shape index (κ1) is 11.3. The van der Waals surface area contributed by atoms with Gasteiger partial charge in [-0.05, 0) is 23.8 Å². The number of hydrogen-bond acceptors (Lipinski definition) is 2. The van der Waals surface area contributed by atoms with Crippen molar-refractivity contribution in [1.29, 1.82) is 0 Å². The van der Waals surface area contributed by atoms with Crippen molar-refractivity contribution in [2.45, 2.75) is 11.4 Å². The number of nitrogens with zero attached hydrogens (tertiary/aromatic N) is 1. The second-order valence-corrected chi connectivity index (χ2v) is 5.42. The van der Waals surface area contributed by atoms with Crippen LogP contribution in [-0.4, -0.2) is 11.3 Å². The summed E-state index contributed by atoms with van der Waals surface area (Å²) in [5, 5.41) is 0. The van der Waals surface area contributed by atoms with Crippen LogP contribution in [0.25, 0.3) is 0 Å². The Kier molecular flexibility index (Phi) is 2.80. The molecule has 2 aromatic carbocycles. The largest absolute Gasteiger partial charge is 0.495 e. The fraction of sp³-hybridized carbons (Fsp3) is 0.143. The van der Waals surface area contributed by atoms with Gasteiger partial charge < -0.3 is 4.74 Å². The van der Waals surface area contributed by atoms with E-state index in [1.54, 1.807) is 7.11 Å². The molecule has 0 N–H and O–H groups in total. The highest BCUT2D eigenvalue weighted by Crippen LogP contribution is 2.36. The minimum atomic E-state index is -1.19. The molecular weight excluding hydrogens is 246 g/mol. The van der Waals surface area contributed by atoms with Crippen molar-refractivity contribution in [3.63, 3.8) is 0 Å². The lowest BCUT2D eigenvalue weighted by Gasteiger charge is -2.15. The highest BCUT2D eigenvalue weighted by molar-refractivity contribution is 7.87. The minimum Gasteiger partial charge on any atom is -0.495 e. The third-order valence-electron chi connectivity index (χ3n) is 3.01. The van der Waals surface area contributed by atoms with E-state index in [1.807, 2.05) is 52.8 Å². The van der Waals surface area contributed by atoms with Gasteiger partial charge in [0, 0.05) is 5.69 Å². The van der Waals surface area contributed by atoms with Gasteiger partial charge in [-0.15, -0.1) is 0 Å². The smallest absolute Gasteiger partial charge is 0.157 e. The molecule has 1 atom stereocenters. The van der Waals surface area contributed by atoms with Crippen LogP contribution in [-0.2, 0) is 17.5 Å². The molecule has 1 heterocycles. The summed E-state index contributed by atoms with van der Waals surface area (Å²) in [5.74, 6) is 0.698. The summed E-state index contributed by atoms with van der Waals surface area (Å²) in [6, 6.07) is 15.6. The van der Waals surface area contributed by atoms with Crippen LogP contribution in [0.5, 0.6) is 5.75 Å². The van der Waals surface area contributed by atoms with Crippen LogP contribution in [0.4, 0.5) is 5.69 Å². The predicted molar refractivity (Wildman–Crippen MR) is 72.0 cm³/mol. The number of benzene rings is 2. The number of para-hydroxylation sites is 1. The Labute approximate surface area is 109 Å². The molecule has 0 fully saturated rings. The van der Waals surface area contributed by atoms with Crippen LogP contribution < -0.4 is 9.04 Å². The zero-order chi connectivity index (χ0) is 12.5. The van der Waals surface area contributed by atoms with Gasteiger partial charge in [-0.1, -0.05) is 30.3 Å². The summed E-state index contributed by atoms with van der Waals surface area (Å²) in [4.78, 5) is 0.795. The molecule has 0 bridgehead atoms. The van der Waals surface area contributed by atoms with Gasteiger partial charge in [0.05, 0.1) is 13.7 Å². The molecule has 3 nitrogen and oxygen atoms in total. The van der Waals surface area contributed by atoms with Crippen LogP contribution in [0.1, 0.15) is 5.56 Å². The van der Waals surface area contributed by atoms with Gasteiger partial charge in [-0.2, -0.15) is 0 Å². The predicted octanol–water partition coefficient (Wildman–Crippen LogP) is 2.74. The Hall–Kier alpha value is -1.81. The standard InChI is InChI=1S/C14H13NO2S/c1-17-13-9-5-6-11-10-15(18(16)14(11)13)12-7-3-2-4-8-12/h2-9H,10H2,1H3. The highest BCUT2D eigenvalue weighted by atomic mass is 32.2.